The predicted octanol–water partition coefficient (Wildman–Crippen LogP) is 5.96. The number of halogens is 1. The molecule has 0 atom stereocenters. The van der Waals surface area contributed by atoms with E-state index in [1.807, 2.05) is 50.2 Å². The third kappa shape index (κ3) is 6.56. The van der Waals surface area contributed by atoms with Crippen molar-refractivity contribution in [1.82, 2.24) is 14.7 Å². The molecule has 4 aromatic rings. The van der Waals surface area contributed by atoms with Gasteiger partial charge in [-0.2, -0.15) is 5.10 Å². The van der Waals surface area contributed by atoms with E-state index < -0.39 is 11.9 Å². The molecule has 0 aliphatic carbocycles. The first-order valence-corrected chi connectivity index (χ1v) is 12.5. The van der Waals surface area contributed by atoms with E-state index in [4.69, 9.17) is 4.74 Å². The fraction of sp³-hybridized carbons (Fsp3) is 0.207. The van der Waals surface area contributed by atoms with E-state index in [0.29, 0.717) is 48.2 Å². The number of anilines is 2. The van der Waals surface area contributed by atoms with Crippen molar-refractivity contribution in [3.05, 3.63) is 90.7 Å². The Morgan fingerprint density at radius 2 is 1.66 bits per heavy atom. The zero-order valence-electron chi connectivity index (χ0n) is 21.4. The fourth-order valence-corrected chi connectivity index (χ4v) is 3.92. The van der Waals surface area contributed by atoms with E-state index in [2.05, 4.69) is 15.7 Å². The van der Waals surface area contributed by atoms with Gasteiger partial charge in [-0.1, -0.05) is 49.4 Å². The first kappa shape index (κ1) is 26.4. The van der Waals surface area contributed by atoms with E-state index in [9.17, 15) is 14.0 Å². The van der Waals surface area contributed by atoms with Crippen LogP contribution in [0.3, 0.4) is 0 Å². The minimum Gasteiger partial charge on any atom is -0.492 e. The lowest BCUT2D eigenvalue weighted by molar-refractivity contribution is -0.116. The number of aromatic nitrogens is 2. The lowest BCUT2D eigenvalue weighted by Crippen LogP contribution is -2.41. The zero-order valence-corrected chi connectivity index (χ0v) is 21.4. The SMILES string of the molecule is CCCN(CC(=O)Nc1cc(-c2ccccc2)nn1-c1ccc(F)cc1)C(=O)Nc1ccccc1OCC. The van der Waals surface area contributed by atoms with Gasteiger partial charge in [0.2, 0.25) is 5.91 Å². The lowest BCUT2D eigenvalue weighted by atomic mass is 10.1. The number of para-hydroxylation sites is 2. The molecular formula is C29H30FN5O3. The number of urea groups is 1. The summed E-state index contributed by atoms with van der Waals surface area (Å²) < 4.78 is 20.7. The van der Waals surface area contributed by atoms with Gasteiger partial charge in [-0.3, -0.25) is 4.79 Å². The van der Waals surface area contributed by atoms with Crippen LogP contribution in [0.25, 0.3) is 16.9 Å². The Hall–Kier alpha value is -4.66. The van der Waals surface area contributed by atoms with Crippen LogP contribution >= 0.6 is 0 Å². The maximum atomic E-state index is 13.5. The molecular weight excluding hydrogens is 485 g/mol. The minimum absolute atomic E-state index is 0.175. The molecule has 0 unspecified atom stereocenters. The molecule has 1 aromatic heterocycles. The number of hydrogen-bond acceptors (Lipinski definition) is 4. The van der Waals surface area contributed by atoms with Crippen LogP contribution in [0.2, 0.25) is 0 Å². The fourth-order valence-electron chi connectivity index (χ4n) is 3.92. The smallest absolute Gasteiger partial charge is 0.322 e. The Morgan fingerprint density at radius 3 is 2.37 bits per heavy atom. The molecule has 0 bridgehead atoms. The Bertz CT molecular complexity index is 1370. The third-order valence-electron chi connectivity index (χ3n) is 5.66. The number of nitrogens with zero attached hydrogens (tertiary/aromatic N) is 3. The molecule has 9 heteroatoms. The van der Waals surface area contributed by atoms with Crippen molar-refractivity contribution >= 4 is 23.4 Å². The summed E-state index contributed by atoms with van der Waals surface area (Å²) >= 11 is 0. The van der Waals surface area contributed by atoms with Gasteiger partial charge in [0, 0.05) is 18.2 Å². The monoisotopic (exact) mass is 515 g/mol. The zero-order chi connectivity index (χ0) is 26.9. The summed E-state index contributed by atoms with van der Waals surface area (Å²) in [4.78, 5) is 27.7. The van der Waals surface area contributed by atoms with Crippen molar-refractivity contribution in [3.8, 4) is 22.7 Å². The highest BCUT2D eigenvalue weighted by Gasteiger charge is 2.20. The molecule has 0 aliphatic heterocycles. The number of hydrogen-bond donors (Lipinski definition) is 2. The molecule has 3 amide bonds. The van der Waals surface area contributed by atoms with Crippen molar-refractivity contribution < 1.29 is 18.7 Å². The molecule has 0 spiro atoms. The Morgan fingerprint density at radius 1 is 0.947 bits per heavy atom. The first-order chi connectivity index (χ1) is 18.5. The number of benzene rings is 3. The Balaban J connectivity index is 1.54. The maximum Gasteiger partial charge on any atom is 0.322 e. The van der Waals surface area contributed by atoms with Gasteiger partial charge in [0.05, 0.1) is 23.7 Å². The van der Waals surface area contributed by atoms with E-state index in [1.54, 1.807) is 41.1 Å². The molecule has 0 radical (unpaired) electrons. The molecule has 4 rings (SSSR count). The molecule has 2 N–H and O–H groups in total. The topological polar surface area (TPSA) is 88.5 Å². The number of rotatable bonds is 10. The first-order valence-electron chi connectivity index (χ1n) is 12.5. The highest BCUT2D eigenvalue weighted by atomic mass is 19.1. The van der Waals surface area contributed by atoms with Crippen molar-refractivity contribution in [2.45, 2.75) is 20.3 Å². The van der Waals surface area contributed by atoms with Crippen LogP contribution in [-0.2, 0) is 4.79 Å². The minimum atomic E-state index is -0.411. The maximum absolute atomic E-state index is 13.5. The second kappa shape index (κ2) is 12.5. The second-order valence-electron chi connectivity index (χ2n) is 8.50. The number of carbonyl (C=O) groups is 2. The molecule has 1 heterocycles. The van der Waals surface area contributed by atoms with Gasteiger partial charge < -0.3 is 20.3 Å². The standard InChI is InChI=1S/C29H30FN5O3/c1-3-18-34(29(37)31-24-12-8-9-13-26(24)38-4-2)20-28(36)32-27-19-25(21-10-6-5-7-11-21)33-35(27)23-16-14-22(30)15-17-23/h5-17,19H,3-4,18,20H2,1-2H3,(H,31,37)(H,32,36). The lowest BCUT2D eigenvalue weighted by Gasteiger charge is -2.23. The molecule has 0 saturated heterocycles. The summed E-state index contributed by atoms with van der Waals surface area (Å²) in [5.41, 5.74) is 2.62. The van der Waals surface area contributed by atoms with Gasteiger partial charge in [0.25, 0.3) is 0 Å². The van der Waals surface area contributed by atoms with Crippen molar-refractivity contribution in [2.24, 2.45) is 0 Å². The van der Waals surface area contributed by atoms with Gasteiger partial charge in [-0.15, -0.1) is 0 Å². The summed E-state index contributed by atoms with van der Waals surface area (Å²) in [7, 11) is 0. The van der Waals surface area contributed by atoms with Crippen molar-refractivity contribution in [1.29, 1.82) is 0 Å². The van der Waals surface area contributed by atoms with Crippen LogP contribution in [0, 0.1) is 5.82 Å². The van der Waals surface area contributed by atoms with Crippen LogP contribution in [0.1, 0.15) is 20.3 Å². The number of ether oxygens (including phenoxy) is 1. The highest BCUT2D eigenvalue weighted by Crippen LogP contribution is 2.26. The summed E-state index contributed by atoms with van der Waals surface area (Å²) in [5, 5.41) is 10.4. The van der Waals surface area contributed by atoms with Crippen LogP contribution in [0.15, 0.2) is 84.9 Å². The van der Waals surface area contributed by atoms with Crippen LogP contribution in [0.4, 0.5) is 20.7 Å². The summed E-state index contributed by atoms with van der Waals surface area (Å²) in [6.07, 6.45) is 0.666. The van der Waals surface area contributed by atoms with Crippen molar-refractivity contribution in [2.75, 3.05) is 30.3 Å². The second-order valence-corrected chi connectivity index (χ2v) is 8.50. The molecule has 8 nitrogen and oxygen atoms in total. The van der Waals surface area contributed by atoms with E-state index >= 15 is 0 Å². The largest absolute Gasteiger partial charge is 0.492 e. The average Bonchev–Trinajstić information content (AvgIpc) is 3.34. The quantitative estimate of drug-likeness (QED) is 0.273. The normalized spacial score (nSPS) is 10.6. The number of amides is 3. The van der Waals surface area contributed by atoms with Crippen molar-refractivity contribution in [3.63, 3.8) is 0 Å². The van der Waals surface area contributed by atoms with Gasteiger partial charge in [-0.25, -0.2) is 13.9 Å². The van der Waals surface area contributed by atoms with Gasteiger partial charge in [0.1, 0.15) is 23.9 Å². The molecule has 196 valence electrons. The Labute approximate surface area is 221 Å². The van der Waals surface area contributed by atoms with E-state index in [1.165, 1.54) is 17.0 Å². The molecule has 0 aliphatic rings. The molecule has 38 heavy (non-hydrogen) atoms. The number of carbonyl (C=O) groups excluding carboxylic acids is 2. The van der Waals surface area contributed by atoms with Crippen LogP contribution in [0.5, 0.6) is 5.75 Å². The Kier molecular flexibility index (Phi) is 8.71. The molecule has 0 saturated carbocycles. The van der Waals surface area contributed by atoms with Crippen LogP contribution < -0.4 is 15.4 Å². The predicted molar refractivity (Wildman–Crippen MR) is 146 cm³/mol. The van der Waals surface area contributed by atoms with E-state index in [-0.39, 0.29) is 12.4 Å². The van der Waals surface area contributed by atoms with Gasteiger partial charge in [0.15, 0.2) is 0 Å². The third-order valence-corrected chi connectivity index (χ3v) is 5.66. The van der Waals surface area contributed by atoms with E-state index in [0.717, 1.165) is 5.56 Å². The molecule has 0 fully saturated rings. The number of nitrogens with one attached hydrogen (secondary N) is 2. The molecule has 3 aromatic carbocycles. The summed E-state index contributed by atoms with van der Waals surface area (Å²) in [5.74, 6) is 0.191. The summed E-state index contributed by atoms with van der Waals surface area (Å²) in [6, 6.07) is 23.8. The summed E-state index contributed by atoms with van der Waals surface area (Å²) in [6.45, 7) is 4.46. The average molecular weight is 516 g/mol. The highest BCUT2D eigenvalue weighted by molar-refractivity contribution is 5.97. The van der Waals surface area contributed by atoms with Gasteiger partial charge >= 0.3 is 6.03 Å². The van der Waals surface area contributed by atoms with Gasteiger partial charge in [-0.05, 0) is 49.7 Å². The van der Waals surface area contributed by atoms with Crippen LogP contribution in [-0.4, -0.2) is 46.3 Å².